The molecule has 0 saturated carbocycles. The van der Waals surface area contributed by atoms with E-state index in [2.05, 4.69) is 5.10 Å². The summed E-state index contributed by atoms with van der Waals surface area (Å²) in [6, 6.07) is 8.04. The number of hydrogen-bond acceptors (Lipinski definition) is 2. The molecule has 0 aliphatic heterocycles. The molecule has 4 heteroatoms. The fraction of sp³-hybridized carbons (Fsp3) is 0.357. The lowest BCUT2D eigenvalue weighted by molar-refractivity contribution is 0.177. The number of aliphatic hydroxyl groups excluding tert-OH is 1. The van der Waals surface area contributed by atoms with Crippen LogP contribution < -0.4 is 0 Å². The van der Waals surface area contributed by atoms with Crippen LogP contribution in [0.3, 0.4) is 0 Å². The molecule has 1 heterocycles. The highest BCUT2D eigenvalue weighted by Gasteiger charge is 2.20. The van der Waals surface area contributed by atoms with Crippen LogP contribution in [-0.2, 0) is 13.5 Å². The second-order valence-corrected chi connectivity index (χ2v) is 4.92. The highest BCUT2D eigenvalue weighted by molar-refractivity contribution is 6.30. The quantitative estimate of drug-likeness (QED) is 0.926. The first-order valence-corrected chi connectivity index (χ1v) is 6.30. The number of rotatable bonds is 3. The van der Waals surface area contributed by atoms with Crippen LogP contribution in [0, 0.1) is 13.8 Å². The van der Waals surface area contributed by atoms with Crippen molar-refractivity contribution in [3.05, 3.63) is 51.8 Å². The van der Waals surface area contributed by atoms with Crippen LogP contribution in [0.5, 0.6) is 0 Å². The van der Waals surface area contributed by atoms with Gasteiger partial charge in [-0.1, -0.05) is 35.9 Å². The van der Waals surface area contributed by atoms with E-state index >= 15 is 0 Å². The van der Waals surface area contributed by atoms with Crippen molar-refractivity contribution in [2.75, 3.05) is 0 Å². The minimum atomic E-state index is -0.618. The van der Waals surface area contributed by atoms with E-state index in [1.165, 1.54) is 5.56 Å². The first kappa shape index (κ1) is 13.1. The van der Waals surface area contributed by atoms with E-state index in [0.717, 1.165) is 16.8 Å². The average Bonchev–Trinajstić information content (AvgIpc) is 2.56. The number of nitrogens with zero attached hydrogens (tertiary/aromatic N) is 2. The number of aryl methyl sites for hydroxylation is 3. The summed E-state index contributed by atoms with van der Waals surface area (Å²) < 4.78 is 1.59. The normalized spacial score (nSPS) is 12.7. The van der Waals surface area contributed by atoms with Gasteiger partial charge in [0.05, 0.1) is 11.8 Å². The maximum atomic E-state index is 10.3. The summed E-state index contributed by atoms with van der Waals surface area (Å²) in [6.45, 7) is 3.90. The summed E-state index contributed by atoms with van der Waals surface area (Å²) in [5.74, 6) is 0. The van der Waals surface area contributed by atoms with Crippen molar-refractivity contribution in [1.82, 2.24) is 9.78 Å². The van der Waals surface area contributed by atoms with E-state index in [0.29, 0.717) is 11.6 Å². The Labute approximate surface area is 112 Å². The molecule has 1 N–H and O–H groups in total. The van der Waals surface area contributed by atoms with Gasteiger partial charge in [-0.15, -0.1) is 0 Å². The predicted molar refractivity (Wildman–Crippen MR) is 72.8 cm³/mol. The van der Waals surface area contributed by atoms with Crippen molar-refractivity contribution in [2.24, 2.45) is 7.05 Å². The van der Waals surface area contributed by atoms with Gasteiger partial charge >= 0.3 is 0 Å². The second kappa shape index (κ2) is 5.12. The monoisotopic (exact) mass is 264 g/mol. The molecule has 2 aromatic rings. The third kappa shape index (κ3) is 2.42. The number of hydrogen-bond donors (Lipinski definition) is 1. The van der Waals surface area contributed by atoms with Gasteiger partial charge < -0.3 is 5.11 Å². The molecule has 1 aromatic heterocycles. The molecule has 1 atom stereocenters. The molecule has 0 spiro atoms. The summed E-state index contributed by atoms with van der Waals surface area (Å²) in [6.07, 6.45) is -0.0638. The lowest BCUT2D eigenvalue weighted by atomic mass is 9.99. The first-order valence-electron chi connectivity index (χ1n) is 5.92. The summed E-state index contributed by atoms with van der Waals surface area (Å²) in [4.78, 5) is 0. The lowest BCUT2D eigenvalue weighted by Gasteiger charge is -2.12. The predicted octanol–water partition coefficient (Wildman–Crippen LogP) is 2.97. The molecule has 0 aliphatic rings. The molecule has 0 aliphatic carbocycles. The van der Waals surface area contributed by atoms with Crippen molar-refractivity contribution >= 4 is 11.6 Å². The highest BCUT2D eigenvalue weighted by Crippen LogP contribution is 2.28. The van der Waals surface area contributed by atoms with E-state index < -0.39 is 6.10 Å². The summed E-state index contributed by atoms with van der Waals surface area (Å²) in [5, 5.41) is 15.1. The Kier molecular flexibility index (Phi) is 3.73. The van der Waals surface area contributed by atoms with Gasteiger partial charge in [0.25, 0.3) is 0 Å². The number of benzene rings is 1. The third-order valence-electron chi connectivity index (χ3n) is 3.20. The maximum absolute atomic E-state index is 10.3. The molecular formula is C14H17ClN2O. The molecule has 1 aromatic carbocycles. The average molecular weight is 265 g/mol. The van der Waals surface area contributed by atoms with Gasteiger partial charge in [-0.3, -0.25) is 4.68 Å². The highest BCUT2D eigenvalue weighted by atomic mass is 35.5. The van der Waals surface area contributed by atoms with Crippen LogP contribution in [0.15, 0.2) is 24.3 Å². The fourth-order valence-electron chi connectivity index (χ4n) is 2.17. The minimum absolute atomic E-state index is 0.508. The van der Waals surface area contributed by atoms with Crippen LogP contribution in [0.2, 0.25) is 5.15 Å². The zero-order chi connectivity index (χ0) is 13.3. The molecule has 18 heavy (non-hydrogen) atoms. The molecule has 0 fully saturated rings. The molecule has 0 saturated heterocycles. The summed E-state index contributed by atoms with van der Waals surface area (Å²) in [5.41, 5.74) is 3.81. The van der Waals surface area contributed by atoms with Gasteiger partial charge in [0.1, 0.15) is 5.15 Å². The number of halogens is 1. The summed E-state index contributed by atoms with van der Waals surface area (Å²) >= 11 is 6.16. The van der Waals surface area contributed by atoms with E-state index in [9.17, 15) is 5.11 Å². The van der Waals surface area contributed by atoms with Crippen molar-refractivity contribution in [1.29, 1.82) is 0 Å². The standard InChI is InChI=1S/C14H17ClN2O/c1-9-6-4-5-7-11(9)8-12(18)13-10(2)16-17(3)14(13)15/h4-7,12,18H,8H2,1-3H3. The van der Waals surface area contributed by atoms with Crippen LogP contribution in [0.4, 0.5) is 0 Å². The Bertz CT molecular complexity index is 563. The molecule has 0 amide bonds. The molecule has 0 bridgehead atoms. The summed E-state index contributed by atoms with van der Waals surface area (Å²) in [7, 11) is 1.78. The fourth-order valence-corrected chi connectivity index (χ4v) is 2.47. The van der Waals surface area contributed by atoms with E-state index in [1.54, 1.807) is 11.7 Å². The number of aliphatic hydroxyl groups is 1. The van der Waals surface area contributed by atoms with Gasteiger partial charge in [0, 0.05) is 19.0 Å². The molecular weight excluding hydrogens is 248 g/mol. The molecule has 3 nitrogen and oxygen atoms in total. The van der Waals surface area contributed by atoms with Gasteiger partial charge in [0.2, 0.25) is 0 Å². The van der Waals surface area contributed by atoms with E-state index in [-0.39, 0.29) is 0 Å². The topological polar surface area (TPSA) is 38.1 Å². The van der Waals surface area contributed by atoms with Crippen LogP contribution in [0.25, 0.3) is 0 Å². The Hall–Kier alpha value is -1.32. The van der Waals surface area contributed by atoms with Crippen LogP contribution in [-0.4, -0.2) is 14.9 Å². The zero-order valence-corrected chi connectivity index (χ0v) is 11.6. The maximum Gasteiger partial charge on any atom is 0.132 e. The second-order valence-electron chi connectivity index (χ2n) is 4.56. The Morgan fingerprint density at radius 2 is 2.00 bits per heavy atom. The van der Waals surface area contributed by atoms with Gasteiger partial charge in [-0.05, 0) is 25.0 Å². The van der Waals surface area contributed by atoms with E-state index in [1.807, 2.05) is 38.1 Å². The Morgan fingerprint density at radius 3 is 2.56 bits per heavy atom. The Balaban J connectivity index is 2.28. The lowest BCUT2D eigenvalue weighted by Crippen LogP contribution is -2.04. The molecule has 96 valence electrons. The number of aromatic nitrogens is 2. The SMILES string of the molecule is Cc1ccccc1CC(O)c1c(C)nn(C)c1Cl. The van der Waals surface area contributed by atoms with Crippen molar-refractivity contribution < 1.29 is 5.11 Å². The third-order valence-corrected chi connectivity index (χ3v) is 3.65. The Morgan fingerprint density at radius 1 is 1.33 bits per heavy atom. The van der Waals surface area contributed by atoms with Crippen LogP contribution in [0.1, 0.15) is 28.5 Å². The molecule has 1 unspecified atom stereocenters. The minimum Gasteiger partial charge on any atom is -0.388 e. The van der Waals surface area contributed by atoms with Crippen LogP contribution >= 0.6 is 11.6 Å². The largest absolute Gasteiger partial charge is 0.388 e. The smallest absolute Gasteiger partial charge is 0.132 e. The molecule has 2 rings (SSSR count). The van der Waals surface area contributed by atoms with E-state index in [4.69, 9.17) is 11.6 Å². The van der Waals surface area contributed by atoms with Crippen molar-refractivity contribution in [2.45, 2.75) is 26.4 Å². The van der Waals surface area contributed by atoms with Crippen molar-refractivity contribution in [3.63, 3.8) is 0 Å². The molecule has 0 radical (unpaired) electrons. The zero-order valence-electron chi connectivity index (χ0n) is 10.8. The van der Waals surface area contributed by atoms with Crippen molar-refractivity contribution in [3.8, 4) is 0 Å². The first-order chi connectivity index (χ1) is 8.50. The van der Waals surface area contributed by atoms with Gasteiger partial charge in [-0.2, -0.15) is 5.10 Å². The van der Waals surface area contributed by atoms with Gasteiger partial charge in [-0.25, -0.2) is 0 Å². The van der Waals surface area contributed by atoms with Gasteiger partial charge in [0.15, 0.2) is 0 Å².